The van der Waals surface area contributed by atoms with Gasteiger partial charge in [0.25, 0.3) is 0 Å². The summed E-state index contributed by atoms with van der Waals surface area (Å²) in [6.45, 7) is 12.2. The van der Waals surface area contributed by atoms with E-state index in [1.165, 1.54) is 0 Å². The lowest BCUT2D eigenvalue weighted by atomic mass is 9.94. The molecule has 1 atom stereocenters. The predicted octanol–water partition coefficient (Wildman–Crippen LogP) is 3.01. The molecule has 0 saturated heterocycles. The molecular formula is C15H28ClN3O. The van der Waals surface area contributed by atoms with Gasteiger partial charge in [-0.15, -0.1) is 0 Å². The monoisotopic (exact) mass is 301 g/mol. The Labute approximate surface area is 127 Å². The molecular weight excluding hydrogens is 274 g/mol. The summed E-state index contributed by atoms with van der Waals surface area (Å²) in [5.41, 5.74) is 1.26. The normalized spacial score (nSPS) is 14.8. The van der Waals surface area contributed by atoms with Crippen LogP contribution in [-0.2, 0) is 19.5 Å². The molecule has 1 heterocycles. The molecule has 0 amide bonds. The lowest BCUT2D eigenvalue weighted by molar-refractivity contribution is 0.0382. The maximum atomic E-state index is 10.3. The summed E-state index contributed by atoms with van der Waals surface area (Å²) in [6.07, 6.45) is 1.62. The Morgan fingerprint density at radius 3 is 2.55 bits per heavy atom. The first kappa shape index (κ1) is 17.5. The zero-order valence-electron chi connectivity index (χ0n) is 13.3. The molecule has 1 aromatic heterocycles. The van der Waals surface area contributed by atoms with Crippen molar-refractivity contribution in [2.45, 2.75) is 66.2 Å². The van der Waals surface area contributed by atoms with E-state index in [2.05, 4.69) is 38.1 Å². The second-order valence-corrected chi connectivity index (χ2v) is 6.45. The Morgan fingerprint density at radius 1 is 1.40 bits per heavy atom. The van der Waals surface area contributed by atoms with Crippen LogP contribution in [0.25, 0.3) is 0 Å². The average molecular weight is 302 g/mol. The molecule has 116 valence electrons. The summed E-state index contributed by atoms with van der Waals surface area (Å²) >= 11 is 6.36. The molecule has 0 aliphatic rings. The Hall–Kier alpha value is -0.580. The van der Waals surface area contributed by atoms with Crippen LogP contribution in [0.15, 0.2) is 0 Å². The smallest absolute Gasteiger partial charge is 0.0863 e. The predicted molar refractivity (Wildman–Crippen MR) is 84.1 cm³/mol. The second kappa shape index (κ2) is 7.43. The maximum Gasteiger partial charge on any atom is 0.0863 e. The van der Waals surface area contributed by atoms with Crippen LogP contribution in [0.3, 0.4) is 0 Å². The first-order valence-corrected chi connectivity index (χ1v) is 7.85. The standard InChI is InChI=1S/C15H28ClN3O/c1-6-12-14(16)13(19(7-2)18-12)9-17-10-15(5,20)8-11(3)4/h11,17,20H,6-10H2,1-5H3. The Kier molecular flexibility index (Phi) is 6.49. The molecule has 1 aromatic rings. The Balaban J connectivity index is 2.64. The SMILES string of the molecule is CCc1nn(CC)c(CNCC(C)(O)CC(C)C)c1Cl. The van der Waals surface area contributed by atoms with Gasteiger partial charge in [0.15, 0.2) is 0 Å². The number of halogens is 1. The highest BCUT2D eigenvalue weighted by Gasteiger charge is 2.22. The van der Waals surface area contributed by atoms with Crippen LogP contribution in [0.2, 0.25) is 5.02 Å². The van der Waals surface area contributed by atoms with E-state index in [1.807, 2.05) is 11.6 Å². The van der Waals surface area contributed by atoms with Gasteiger partial charge in [0.2, 0.25) is 0 Å². The molecule has 0 aliphatic heterocycles. The molecule has 0 saturated carbocycles. The molecule has 20 heavy (non-hydrogen) atoms. The third kappa shape index (κ3) is 4.76. The Morgan fingerprint density at radius 2 is 2.05 bits per heavy atom. The van der Waals surface area contributed by atoms with E-state index in [1.54, 1.807) is 0 Å². The third-order valence-electron chi connectivity index (χ3n) is 3.34. The number of hydrogen-bond acceptors (Lipinski definition) is 3. The van der Waals surface area contributed by atoms with Crippen molar-refractivity contribution in [3.8, 4) is 0 Å². The van der Waals surface area contributed by atoms with Crippen molar-refractivity contribution in [3.63, 3.8) is 0 Å². The van der Waals surface area contributed by atoms with Crippen LogP contribution in [0, 0.1) is 5.92 Å². The first-order chi connectivity index (χ1) is 9.30. The van der Waals surface area contributed by atoms with Crippen molar-refractivity contribution in [1.82, 2.24) is 15.1 Å². The number of aromatic nitrogens is 2. The molecule has 1 rings (SSSR count). The molecule has 0 spiro atoms. The highest BCUT2D eigenvalue weighted by Crippen LogP contribution is 2.22. The quantitative estimate of drug-likeness (QED) is 0.776. The lowest BCUT2D eigenvalue weighted by Crippen LogP contribution is -2.39. The van der Waals surface area contributed by atoms with E-state index in [-0.39, 0.29) is 0 Å². The van der Waals surface area contributed by atoms with Gasteiger partial charge in [0, 0.05) is 19.6 Å². The lowest BCUT2D eigenvalue weighted by Gasteiger charge is -2.25. The molecule has 0 aromatic carbocycles. The van der Waals surface area contributed by atoms with Crippen LogP contribution >= 0.6 is 11.6 Å². The highest BCUT2D eigenvalue weighted by atomic mass is 35.5. The molecule has 0 fully saturated rings. The van der Waals surface area contributed by atoms with E-state index < -0.39 is 5.60 Å². The summed E-state index contributed by atoms with van der Waals surface area (Å²) in [4.78, 5) is 0. The van der Waals surface area contributed by atoms with Crippen molar-refractivity contribution >= 4 is 11.6 Å². The van der Waals surface area contributed by atoms with Gasteiger partial charge in [-0.1, -0.05) is 32.4 Å². The van der Waals surface area contributed by atoms with Crippen molar-refractivity contribution in [1.29, 1.82) is 0 Å². The van der Waals surface area contributed by atoms with E-state index in [0.29, 0.717) is 19.0 Å². The number of hydrogen-bond donors (Lipinski definition) is 2. The minimum absolute atomic E-state index is 0.475. The van der Waals surface area contributed by atoms with Crippen molar-refractivity contribution in [2.75, 3.05) is 6.54 Å². The van der Waals surface area contributed by atoms with Crippen molar-refractivity contribution in [3.05, 3.63) is 16.4 Å². The third-order valence-corrected chi connectivity index (χ3v) is 3.78. The minimum atomic E-state index is -0.689. The van der Waals surface area contributed by atoms with Gasteiger partial charge >= 0.3 is 0 Å². The largest absolute Gasteiger partial charge is 0.389 e. The molecule has 0 radical (unpaired) electrons. The van der Waals surface area contributed by atoms with Crippen LogP contribution < -0.4 is 5.32 Å². The fraction of sp³-hybridized carbons (Fsp3) is 0.800. The maximum absolute atomic E-state index is 10.3. The van der Waals surface area contributed by atoms with Crippen LogP contribution in [0.1, 0.15) is 52.4 Å². The zero-order chi connectivity index (χ0) is 15.3. The minimum Gasteiger partial charge on any atom is -0.389 e. The number of aliphatic hydroxyl groups is 1. The highest BCUT2D eigenvalue weighted by molar-refractivity contribution is 6.31. The van der Waals surface area contributed by atoms with E-state index in [9.17, 15) is 5.11 Å². The molecule has 4 nitrogen and oxygen atoms in total. The van der Waals surface area contributed by atoms with Gasteiger partial charge in [0.05, 0.1) is 22.0 Å². The second-order valence-electron chi connectivity index (χ2n) is 6.08. The number of nitrogens with one attached hydrogen (secondary N) is 1. The molecule has 5 heteroatoms. The summed E-state index contributed by atoms with van der Waals surface area (Å²) in [5.74, 6) is 0.475. The van der Waals surface area contributed by atoms with Crippen LogP contribution in [-0.4, -0.2) is 27.0 Å². The van der Waals surface area contributed by atoms with E-state index >= 15 is 0 Å². The zero-order valence-corrected chi connectivity index (χ0v) is 14.1. The van der Waals surface area contributed by atoms with Gasteiger partial charge in [-0.05, 0) is 32.6 Å². The summed E-state index contributed by atoms with van der Waals surface area (Å²) in [5, 5.41) is 18.8. The van der Waals surface area contributed by atoms with Gasteiger partial charge in [-0.25, -0.2) is 0 Å². The summed E-state index contributed by atoms with van der Waals surface area (Å²) in [7, 11) is 0. The summed E-state index contributed by atoms with van der Waals surface area (Å²) < 4.78 is 1.94. The van der Waals surface area contributed by atoms with Gasteiger partial charge in [-0.2, -0.15) is 5.10 Å². The van der Waals surface area contributed by atoms with Gasteiger partial charge in [-0.3, -0.25) is 4.68 Å². The average Bonchev–Trinajstić information content (AvgIpc) is 2.64. The van der Waals surface area contributed by atoms with E-state index in [4.69, 9.17) is 11.6 Å². The van der Waals surface area contributed by atoms with Crippen LogP contribution in [0.4, 0.5) is 0 Å². The van der Waals surface area contributed by atoms with Crippen LogP contribution in [0.5, 0.6) is 0 Å². The van der Waals surface area contributed by atoms with Crippen molar-refractivity contribution in [2.24, 2.45) is 5.92 Å². The molecule has 0 aliphatic carbocycles. The van der Waals surface area contributed by atoms with E-state index in [0.717, 1.165) is 35.8 Å². The number of aryl methyl sites for hydroxylation is 2. The number of nitrogens with zero attached hydrogens (tertiary/aromatic N) is 2. The molecule has 1 unspecified atom stereocenters. The molecule has 0 bridgehead atoms. The number of rotatable bonds is 8. The molecule has 2 N–H and O–H groups in total. The fourth-order valence-corrected chi connectivity index (χ4v) is 2.92. The fourth-order valence-electron chi connectivity index (χ4n) is 2.59. The Bertz CT molecular complexity index is 427. The first-order valence-electron chi connectivity index (χ1n) is 7.47. The summed E-state index contributed by atoms with van der Waals surface area (Å²) in [6, 6.07) is 0. The van der Waals surface area contributed by atoms with Crippen molar-refractivity contribution < 1.29 is 5.11 Å². The topological polar surface area (TPSA) is 50.1 Å². The van der Waals surface area contributed by atoms with Gasteiger partial charge in [0.1, 0.15) is 0 Å². The van der Waals surface area contributed by atoms with Gasteiger partial charge < -0.3 is 10.4 Å².